The molecular weight excluding hydrogens is 220 g/mol. The molecule has 0 aliphatic carbocycles. The largest absolute Gasteiger partial charge is 0.507 e. The first-order valence-corrected chi connectivity index (χ1v) is 4.47. The Kier molecular flexibility index (Phi) is 5.37. The minimum absolute atomic E-state index is 0.0876. The van der Waals surface area contributed by atoms with E-state index >= 15 is 0 Å². The molecule has 0 saturated carbocycles. The Morgan fingerprint density at radius 3 is 2.42 bits per heavy atom. The smallest absolute Gasteiger partial charge is 0.151 e. The topological polar surface area (TPSA) is 37.3 Å². The van der Waals surface area contributed by atoms with Gasteiger partial charge in [-0.05, 0) is 22.0 Å². The van der Waals surface area contributed by atoms with E-state index < -0.39 is 0 Å². The minimum atomic E-state index is 0.0876. The summed E-state index contributed by atoms with van der Waals surface area (Å²) >= 11 is 3.06. The third kappa shape index (κ3) is 2.66. The van der Waals surface area contributed by atoms with Crippen LogP contribution in [0.1, 0.15) is 24.2 Å². The van der Waals surface area contributed by atoms with Crippen LogP contribution in [0.25, 0.3) is 0 Å². The molecule has 0 fully saturated rings. The molecule has 0 spiro atoms. The van der Waals surface area contributed by atoms with Crippen LogP contribution in [-0.4, -0.2) is 11.4 Å². The lowest BCUT2D eigenvalue weighted by molar-refractivity contribution is 0.112. The van der Waals surface area contributed by atoms with Gasteiger partial charge >= 0.3 is 0 Å². The number of aldehydes is 1. The van der Waals surface area contributed by atoms with Gasteiger partial charge in [0.2, 0.25) is 0 Å². The molecule has 3 heteroatoms. The fourth-order valence-electron chi connectivity index (χ4n) is 0.628. The van der Waals surface area contributed by atoms with Crippen LogP contribution in [-0.2, 0) is 0 Å². The highest BCUT2D eigenvalue weighted by Crippen LogP contribution is 2.25. The summed E-state index contributed by atoms with van der Waals surface area (Å²) in [5.74, 6) is 0.0876. The van der Waals surface area contributed by atoms with Crippen LogP contribution < -0.4 is 0 Å². The number of rotatable bonds is 1. The van der Waals surface area contributed by atoms with E-state index in [1.54, 1.807) is 12.1 Å². The van der Waals surface area contributed by atoms with Gasteiger partial charge in [-0.25, -0.2) is 0 Å². The Balaban J connectivity index is 0.000000561. The van der Waals surface area contributed by atoms with Crippen molar-refractivity contribution in [1.82, 2.24) is 0 Å². The highest BCUT2D eigenvalue weighted by atomic mass is 79.9. The van der Waals surface area contributed by atoms with E-state index in [9.17, 15) is 4.79 Å². The molecule has 0 amide bonds. The van der Waals surface area contributed by atoms with Gasteiger partial charge in [0.05, 0.1) is 4.47 Å². The van der Waals surface area contributed by atoms with Crippen LogP contribution in [0.5, 0.6) is 5.75 Å². The molecule has 1 rings (SSSR count). The predicted octanol–water partition coefficient (Wildman–Crippen LogP) is 2.99. The third-order valence-corrected chi connectivity index (χ3v) is 2.00. The van der Waals surface area contributed by atoms with Crippen molar-refractivity contribution in [2.24, 2.45) is 0 Å². The van der Waals surface area contributed by atoms with Crippen LogP contribution in [0.15, 0.2) is 22.7 Å². The Morgan fingerprint density at radius 1 is 1.42 bits per heavy atom. The van der Waals surface area contributed by atoms with E-state index in [4.69, 9.17) is 5.11 Å². The molecule has 0 radical (unpaired) electrons. The normalized spacial score (nSPS) is 8.25. The summed E-state index contributed by atoms with van der Waals surface area (Å²) in [5.41, 5.74) is 0.458. The number of carbonyl (C=O) groups is 1. The lowest BCUT2D eigenvalue weighted by atomic mass is 10.2. The fourth-order valence-corrected chi connectivity index (χ4v) is 0.986. The van der Waals surface area contributed by atoms with Gasteiger partial charge in [0.15, 0.2) is 6.29 Å². The van der Waals surface area contributed by atoms with Gasteiger partial charge in [-0.15, -0.1) is 0 Å². The van der Waals surface area contributed by atoms with Crippen LogP contribution >= 0.6 is 15.9 Å². The second kappa shape index (κ2) is 5.77. The Morgan fingerprint density at radius 2 is 2.00 bits per heavy atom. The number of hydrogen-bond donors (Lipinski definition) is 1. The van der Waals surface area contributed by atoms with Crippen molar-refractivity contribution in [2.75, 3.05) is 0 Å². The lowest BCUT2D eigenvalue weighted by Gasteiger charge is -1.96. The summed E-state index contributed by atoms with van der Waals surface area (Å²) in [4.78, 5) is 10.2. The number of phenols is 1. The molecule has 2 nitrogen and oxygen atoms in total. The molecular formula is C9H11BrO2. The van der Waals surface area contributed by atoms with Gasteiger partial charge in [-0.1, -0.05) is 26.0 Å². The average Bonchev–Trinajstić information content (AvgIpc) is 2.13. The van der Waals surface area contributed by atoms with Gasteiger partial charge in [-0.3, -0.25) is 4.79 Å². The number of phenolic OH excluding ortho intramolecular Hbond substituents is 1. The SMILES string of the molecule is CC.O=Cc1cccc(O)c1Br. The quantitative estimate of drug-likeness (QED) is 0.754. The number of benzene rings is 1. The Labute approximate surface area is 80.4 Å². The van der Waals surface area contributed by atoms with Crippen molar-refractivity contribution >= 4 is 22.2 Å². The summed E-state index contributed by atoms with van der Waals surface area (Å²) in [6.45, 7) is 4.00. The number of halogens is 1. The van der Waals surface area contributed by atoms with Crippen molar-refractivity contribution in [3.05, 3.63) is 28.2 Å². The first-order valence-electron chi connectivity index (χ1n) is 3.68. The van der Waals surface area contributed by atoms with E-state index in [-0.39, 0.29) is 5.75 Å². The van der Waals surface area contributed by atoms with Crippen molar-refractivity contribution in [2.45, 2.75) is 13.8 Å². The van der Waals surface area contributed by atoms with Crippen molar-refractivity contribution in [3.8, 4) is 5.75 Å². The Hall–Kier alpha value is -0.830. The third-order valence-electron chi connectivity index (χ3n) is 1.14. The molecule has 1 aromatic rings. The van der Waals surface area contributed by atoms with E-state index in [0.717, 1.165) is 0 Å². The zero-order valence-corrected chi connectivity index (χ0v) is 8.63. The first-order chi connectivity index (χ1) is 5.75. The maximum absolute atomic E-state index is 10.2. The second-order valence-corrected chi connectivity index (χ2v) is 2.59. The van der Waals surface area contributed by atoms with E-state index in [1.807, 2.05) is 13.8 Å². The molecule has 66 valence electrons. The zero-order chi connectivity index (χ0) is 9.56. The molecule has 0 aliphatic heterocycles. The van der Waals surface area contributed by atoms with Gasteiger partial charge in [0.1, 0.15) is 5.75 Å². The first kappa shape index (κ1) is 11.2. The molecule has 1 aromatic carbocycles. The molecule has 0 bridgehead atoms. The molecule has 0 heterocycles. The molecule has 12 heavy (non-hydrogen) atoms. The van der Waals surface area contributed by atoms with Gasteiger partial charge < -0.3 is 5.11 Å². The molecule has 0 aliphatic rings. The molecule has 0 saturated heterocycles. The minimum Gasteiger partial charge on any atom is -0.507 e. The predicted molar refractivity (Wildman–Crippen MR) is 52.5 cm³/mol. The average molecular weight is 231 g/mol. The second-order valence-electron chi connectivity index (χ2n) is 1.80. The lowest BCUT2D eigenvalue weighted by Crippen LogP contribution is -1.80. The van der Waals surface area contributed by atoms with Gasteiger partial charge in [0, 0.05) is 5.56 Å². The fraction of sp³-hybridized carbons (Fsp3) is 0.222. The summed E-state index contributed by atoms with van der Waals surface area (Å²) < 4.78 is 0.449. The van der Waals surface area contributed by atoms with Crippen LogP contribution in [0.4, 0.5) is 0 Å². The molecule has 0 aromatic heterocycles. The van der Waals surface area contributed by atoms with E-state index in [2.05, 4.69) is 15.9 Å². The molecule has 1 N–H and O–H groups in total. The van der Waals surface area contributed by atoms with Crippen molar-refractivity contribution in [1.29, 1.82) is 0 Å². The maximum atomic E-state index is 10.2. The highest BCUT2D eigenvalue weighted by molar-refractivity contribution is 9.10. The number of hydrogen-bond acceptors (Lipinski definition) is 2. The zero-order valence-electron chi connectivity index (χ0n) is 7.04. The van der Waals surface area contributed by atoms with E-state index in [0.29, 0.717) is 16.3 Å². The number of aromatic hydroxyl groups is 1. The number of carbonyl (C=O) groups excluding carboxylic acids is 1. The van der Waals surface area contributed by atoms with E-state index in [1.165, 1.54) is 6.07 Å². The summed E-state index contributed by atoms with van der Waals surface area (Å²) in [6, 6.07) is 4.75. The summed E-state index contributed by atoms with van der Waals surface area (Å²) in [5, 5.41) is 9.03. The summed E-state index contributed by atoms with van der Waals surface area (Å²) in [7, 11) is 0. The molecule has 0 atom stereocenters. The summed E-state index contributed by atoms with van der Waals surface area (Å²) in [6.07, 6.45) is 0.684. The van der Waals surface area contributed by atoms with Crippen LogP contribution in [0.3, 0.4) is 0 Å². The maximum Gasteiger partial charge on any atom is 0.151 e. The van der Waals surface area contributed by atoms with Crippen LogP contribution in [0, 0.1) is 0 Å². The highest BCUT2D eigenvalue weighted by Gasteiger charge is 2.00. The molecule has 0 unspecified atom stereocenters. The van der Waals surface area contributed by atoms with Crippen molar-refractivity contribution < 1.29 is 9.90 Å². The Bertz CT molecular complexity index is 259. The van der Waals surface area contributed by atoms with Crippen LogP contribution in [0.2, 0.25) is 0 Å². The van der Waals surface area contributed by atoms with Gasteiger partial charge in [0.25, 0.3) is 0 Å². The monoisotopic (exact) mass is 230 g/mol. The van der Waals surface area contributed by atoms with Gasteiger partial charge in [-0.2, -0.15) is 0 Å². The van der Waals surface area contributed by atoms with Crippen molar-refractivity contribution in [3.63, 3.8) is 0 Å². The standard InChI is InChI=1S/C7H5BrO2.C2H6/c8-7-5(4-9)2-1-3-6(7)10;1-2/h1-4,10H;1-2H3.